The van der Waals surface area contributed by atoms with Crippen LogP contribution in [-0.2, 0) is 11.2 Å². The summed E-state index contributed by atoms with van der Waals surface area (Å²) >= 11 is 0. The van der Waals surface area contributed by atoms with E-state index in [-0.39, 0.29) is 11.5 Å². The molecule has 0 aliphatic heterocycles. The number of aryl methyl sites for hydroxylation is 2. The number of carbonyl (C=O) groups excluding carboxylic acids is 1. The number of aliphatic hydroxyl groups is 1. The van der Waals surface area contributed by atoms with E-state index >= 15 is 0 Å². The molecule has 1 aliphatic carbocycles. The largest absolute Gasteiger partial charge is 0.511 e. The normalized spacial score (nSPS) is 18.5. The fourth-order valence-electron chi connectivity index (χ4n) is 3.90. The predicted octanol–water partition coefficient (Wildman–Crippen LogP) is 5.52. The van der Waals surface area contributed by atoms with Crippen molar-refractivity contribution in [3.8, 4) is 0 Å². The minimum Gasteiger partial charge on any atom is -0.511 e. The Morgan fingerprint density at radius 1 is 1.26 bits per heavy atom. The number of H-pyrrole nitrogens is 1. The zero-order valence-corrected chi connectivity index (χ0v) is 16.7. The Bertz CT molecular complexity index is 902. The zero-order chi connectivity index (χ0) is 19.4. The third kappa shape index (κ3) is 4.32. The number of aromatic nitrogens is 1. The van der Waals surface area contributed by atoms with Gasteiger partial charge in [-0.25, -0.2) is 0 Å². The smallest absolute Gasteiger partial charge is 0.168 e. The standard InChI is InChI=1S/C23H30N2O2/c1-4-5-8-21(26)23-20(7-6-9-22(23)27)24-13-12-17-16(3)25-19-11-10-15(2)14-18(17)19/h10-11,14,25-26H,4-9,12-13H2,1-3H3/b23-21+,24-20?. The van der Waals surface area contributed by atoms with E-state index in [1.807, 2.05) is 0 Å². The summed E-state index contributed by atoms with van der Waals surface area (Å²) in [6, 6.07) is 6.46. The summed E-state index contributed by atoms with van der Waals surface area (Å²) < 4.78 is 0. The van der Waals surface area contributed by atoms with Gasteiger partial charge in [0.1, 0.15) is 5.76 Å². The van der Waals surface area contributed by atoms with E-state index in [1.165, 1.54) is 22.2 Å². The maximum Gasteiger partial charge on any atom is 0.168 e. The van der Waals surface area contributed by atoms with Gasteiger partial charge in [-0.1, -0.05) is 25.0 Å². The molecular weight excluding hydrogens is 336 g/mol. The number of unbranched alkanes of at least 4 members (excludes halogenated alkanes) is 1. The average molecular weight is 367 g/mol. The van der Waals surface area contributed by atoms with Crippen LogP contribution in [0, 0.1) is 13.8 Å². The van der Waals surface area contributed by atoms with Crippen LogP contribution < -0.4 is 0 Å². The van der Waals surface area contributed by atoms with Crippen LogP contribution in [-0.4, -0.2) is 28.1 Å². The molecule has 0 spiro atoms. The Morgan fingerprint density at radius 3 is 2.85 bits per heavy atom. The molecule has 1 aromatic heterocycles. The van der Waals surface area contributed by atoms with Crippen molar-refractivity contribution in [3.63, 3.8) is 0 Å². The van der Waals surface area contributed by atoms with Crippen LogP contribution in [0.4, 0.5) is 0 Å². The van der Waals surface area contributed by atoms with Gasteiger partial charge in [0.05, 0.1) is 5.57 Å². The quantitative estimate of drug-likeness (QED) is 0.522. The summed E-state index contributed by atoms with van der Waals surface area (Å²) in [5, 5.41) is 11.7. The molecular formula is C23H30N2O2. The number of aromatic amines is 1. The number of nitrogens with zero attached hydrogens (tertiary/aromatic N) is 1. The minimum absolute atomic E-state index is 0.0486. The molecule has 0 bridgehead atoms. The first-order valence-electron chi connectivity index (χ1n) is 10.1. The number of allylic oxidation sites excluding steroid dienone is 2. The van der Waals surface area contributed by atoms with Crippen LogP contribution in [0.5, 0.6) is 0 Å². The second-order valence-corrected chi connectivity index (χ2v) is 7.56. The average Bonchev–Trinajstić information content (AvgIpc) is 2.95. The van der Waals surface area contributed by atoms with Gasteiger partial charge >= 0.3 is 0 Å². The summed E-state index contributed by atoms with van der Waals surface area (Å²) in [4.78, 5) is 20.6. The maximum absolute atomic E-state index is 12.4. The van der Waals surface area contributed by atoms with E-state index < -0.39 is 0 Å². The molecule has 2 aromatic rings. The molecule has 0 saturated heterocycles. The first kappa shape index (κ1) is 19.4. The van der Waals surface area contributed by atoms with Gasteiger partial charge in [-0.05, 0) is 57.2 Å². The number of rotatable bonds is 6. The first-order chi connectivity index (χ1) is 13.0. The van der Waals surface area contributed by atoms with Gasteiger partial charge in [0.25, 0.3) is 0 Å². The fraction of sp³-hybridized carbons (Fsp3) is 0.478. The van der Waals surface area contributed by atoms with Crippen LogP contribution in [0.3, 0.4) is 0 Å². The van der Waals surface area contributed by atoms with Gasteiger partial charge in [0.15, 0.2) is 5.78 Å². The van der Waals surface area contributed by atoms with Gasteiger partial charge in [-0.2, -0.15) is 0 Å². The number of hydrogen-bond donors (Lipinski definition) is 2. The summed E-state index contributed by atoms with van der Waals surface area (Å²) in [5.41, 5.74) is 6.18. The molecule has 1 heterocycles. The molecule has 0 unspecified atom stereocenters. The number of aliphatic imine (C=N–C) groups is 1. The maximum atomic E-state index is 12.4. The number of ketones is 1. The monoisotopic (exact) mass is 366 g/mol. The topological polar surface area (TPSA) is 65.4 Å². The molecule has 4 nitrogen and oxygen atoms in total. The van der Waals surface area contributed by atoms with Crippen molar-refractivity contribution in [2.75, 3.05) is 6.54 Å². The van der Waals surface area contributed by atoms with Crippen LogP contribution >= 0.6 is 0 Å². The molecule has 0 radical (unpaired) electrons. The van der Waals surface area contributed by atoms with Crippen LogP contribution in [0.25, 0.3) is 10.9 Å². The van der Waals surface area contributed by atoms with E-state index in [2.05, 4.69) is 44.0 Å². The molecule has 1 aliphatic rings. The summed E-state index contributed by atoms with van der Waals surface area (Å²) in [7, 11) is 0. The number of nitrogens with one attached hydrogen (secondary N) is 1. The van der Waals surface area contributed by atoms with Crippen molar-refractivity contribution >= 4 is 22.4 Å². The summed E-state index contributed by atoms with van der Waals surface area (Å²) in [6.07, 6.45) is 5.41. The Morgan fingerprint density at radius 2 is 2.07 bits per heavy atom. The number of hydrogen-bond acceptors (Lipinski definition) is 3. The highest BCUT2D eigenvalue weighted by molar-refractivity contribution is 6.24. The molecule has 0 amide bonds. The Labute approximate surface area is 161 Å². The van der Waals surface area contributed by atoms with Crippen LogP contribution in [0.15, 0.2) is 34.5 Å². The SMILES string of the molecule is CCCC/C(O)=C1\C(=O)CCCC1=NCCc1c(C)[nH]c2ccc(C)cc12. The number of benzene rings is 1. The van der Waals surface area contributed by atoms with Crippen molar-refractivity contribution in [2.45, 2.75) is 65.7 Å². The highest BCUT2D eigenvalue weighted by atomic mass is 16.3. The third-order valence-electron chi connectivity index (χ3n) is 5.38. The van der Waals surface area contributed by atoms with Crippen LogP contribution in [0.1, 0.15) is 62.3 Å². The zero-order valence-electron chi connectivity index (χ0n) is 16.7. The predicted molar refractivity (Wildman–Crippen MR) is 112 cm³/mol. The summed E-state index contributed by atoms with van der Waals surface area (Å²) in [5.74, 6) is 0.284. The lowest BCUT2D eigenvalue weighted by Crippen LogP contribution is -2.22. The van der Waals surface area contributed by atoms with Crippen molar-refractivity contribution in [1.29, 1.82) is 0 Å². The molecule has 144 valence electrons. The van der Waals surface area contributed by atoms with Gasteiger partial charge in [-0.15, -0.1) is 0 Å². The van der Waals surface area contributed by atoms with Crippen LogP contribution in [0.2, 0.25) is 0 Å². The Hall–Kier alpha value is -2.36. The molecule has 1 aromatic carbocycles. The number of fused-ring (bicyclic) bond motifs is 1. The highest BCUT2D eigenvalue weighted by Crippen LogP contribution is 2.25. The second kappa shape index (κ2) is 8.55. The van der Waals surface area contributed by atoms with Crippen molar-refractivity contribution < 1.29 is 9.90 Å². The van der Waals surface area contributed by atoms with Gasteiger partial charge in [0, 0.05) is 41.7 Å². The molecule has 3 rings (SSSR count). The number of aliphatic hydroxyl groups excluding tert-OH is 1. The second-order valence-electron chi connectivity index (χ2n) is 7.56. The van der Waals surface area contributed by atoms with Crippen molar-refractivity contribution in [1.82, 2.24) is 4.98 Å². The van der Waals surface area contributed by atoms with E-state index in [9.17, 15) is 9.90 Å². The fourth-order valence-corrected chi connectivity index (χ4v) is 3.90. The lowest BCUT2D eigenvalue weighted by molar-refractivity contribution is -0.115. The van der Waals surface area contributed by atoms with E-state index in [0.717, 1.165) is 43.3 Å². The van der Waals surface area contributed by atoms with E-state index in [1.54, 1.807) is 0 Å². The lowest BCUT2D eigenvalue weighted by Gasteiger charge is -2.18. The summed E-state index contributed by atoms with van der Waals surface area (Å²) in [6.45, 7) is 6.93. The Kier molecular flexibility index (Phi) is 6.15. The molecule has 0 atom stereocenters. The molecule has 1 fully saturated rings. The van der Waals surface area contributed by atoms with Crippen molar-refractivity contribution in [2.24, 2.45) is 4.99 Å². The van der Waals surface area contributed by atoms with E-state index in [0.29, 0.717) is 25.0 Å². The van der Waals surface area contributed by atoms with Gasteiger partial charge < -0.3 is 10.1 Å². The number of carbonyl (C=O) groups is 1. The molecule has 2 N–H and O–H groups in total. The van der Waals surface area contributed by atoms with Crippen molar-refractivity contribution in [3.05, 3.63) is 46.4 Å². The lowest BCUT2D eigenvalue weighted by atomic mass is 9.89. The Balaban J connectivity index is 1.81. The van der Waals surface area contributed by atoms with E-state index in [4.69, 9.17) is 4.99 Å². The third-order valence-corrected chi connectivity index (χ3v) is 5.38. The molecule has 1 saturated carbocycles. The van der Waals surface area contributed by atoms with Gasteiger partial charge in [0.2, 0.25) is 0 Å². The molecule has 27 heavy (non-hydrogen) atoms. The van der Waals surface area contributed by atoms with Gasteiger partial charge in [-0.3, -0.25) is 9.79 Å². The first-order valence-corrected chi connectivity index (χ1v) is 10.1. The molecule has 4 heteroatoms. The highest BCUT2D eigenvalue weighted by Gasteiger charge is 2.25. The number of Topliss-reactive ketones (excluding diaryl/α,β-unsaturated/α-hetero) is 1. The minimum atomic E-state index is 0.0486.